The number of aliphatic hydroxyl groups is 1. The first-order valence-corrected chi connectivity index (χ1v) is 4.97. The van der Waals surface area contributed by atoms with Crippen LogP contribution in [0.25, 0.3) is 0 Å². The second-order valence-electron chi connectivity index (χ2n) is 5.57. The van der Waals surface area contributed by atoms with Crippen molar-refractivity contribution in [3.05, 3.63) is 11.1 Å². The summed E-state index contributed by atoms with van der Waals surface area (Å²) in [6, 6.07) is 0. The highest BCUT2D eigenvalue weighted by molar-refractivity contribution is 5.37. The minimum absolute atomic E-state index is 0.0839. The molecule has 0 spiro atoms. The van der Waals surface area contributed by atoms with Gasteiger partial charge in [-0.3, -0.25) is 0 Å². The van der Waals surface area contributed by atoms with Gasteiger partial charge in [0.05, 0.1) is 5.60 Å². The van der Waals surface area contributed by atoms with Crippen molar-refractivity contribution in [2.24, 2.45) is 10.8 Å². The maximum atomic E-state index is 10.4. The van der Waals surface area contributed by atoms with Crippen LogP contribution in [0.4, 0.5) is 0 Å². The van der Waals surface area contributed by atoms with Gasteiger partial charge < -0.3 is 5.11 Å². The van der Waals surface area contributed by atoms with E-state index in [0.29, 0.717) is 0 Å². The summed E-state index contributed by atoms with van der Waals surface area (Å²) in [6.07, 6.45) is 0. The Kier molecular flexibility index (Phi) is 1.98. The Hall–Kier alpha value is -0.300. The predicted octanol–water partition coefficient (Wildman–Crippen LogP) is 3.14. The summed E-state index contributed by atoms with van der Waals surface area (Å²) in [5.74, 6) is 0. The van der Waals surface area contributed by atoms with Crippen molar-refractivity contribution in [2.45, 2.75) is 54.1 Å². The van der Waals surface area contributed by atoms with E-state index in [1.807, 2.05) is 13.8 Å². The Morgan fingerprint density at radius 1 is 0.846 bits per heavy atom. The van der Waals surface area contributed by atoms with Crippen LogP contribution in [0.3, 0.4) is 0 Å². The molecule has 0 fully saturated rings. The van der Waals surface area contributed by atoms with Crippen LogP contribution in [0.15, 0.2) is 11.1 Å². The standard InChI is InChI=1S/C12H22O/c1-8-9(2)12(7,13)11(5,6)10(8,3)4/h13H,1-7H3. The first-order chi connectivity index (χ1) is 5.57. The first-order valence-electron chi connectivity index (χ1n) is 4.97. The summed E-state index contributed by atoms with van der Waals surface area (Å²) in [7, 11) is 0. The van der Waals surface area contributed by atoms with Crippen LogP contribution in [0.5, 0.6) is 0 Å². The molecular formula is C12H22O. The number of allylic oxidation sites excluding steroid dienone is 1. The Labute approximate surface area is 81.9 Å². The normalized spacial score (nSPS) is 36.9. The van der Waals surface area contributed by atoms with E-state index in [4.69, 9.17) is 0 Å². The highest BCUT2D eigenvalue weighted by atomic mass is 16.3. The summed E-state index contributed by atoms with van der Waals surface area (Å²) < 4.78 is 0. The van der Waals surface area contributed by atoms with Crippen molar-refractivity contribution in [1.82, 2.24) is 0 Å². The van der Waals surface area contributed by atoms with Crippen molar-refractivity contribution in [3.8, 4) is 0 Å². The van der Waals surface area contributed by atoms with Gasteiger partial charge in [-0.05, 0) is 31.8 Å². The van der Waals surface area contributed by atoms with Crippen molar-refractivity contribution < 1.29 is 5.11 Å². The maximum Gasteiger partial charge on any atom is 0.0887 e. The Balaban J connectivity index is 3.39. The first kappa shape index (κ1) is 10.8. The molecule has 1 atom stereocenters. The van der Waals surface area contributed by atoms with Gasteiger partial charge in [0.15, 0.2) is 0 Å². The molecule has 0 aromatic rings. The lowest BCUT2D eigenvalue weighted by molar-refractivity contribution is -0.0521. The fourth-order valence-corrected chi connectivity index (χ4v) is 2.38. The maximum absolute atomic E-state index is 10.4. The molecule has 1 rings (SSSR count). The van der Waals surface area contributed by atoms with Crippen molar-refractivity contribution in [3.63, 3.8) is 0 Å². The SMILES string of the molecule is CC1=C(C)C(C)(O)C(C)(C)C1(C)C. The fraction of sp³-hybridized carbons (Fsp3) is 0.833. The van der Waals surface area contributed by atoms with Gasteiger partial charge in [0.1, 0.15) is 0 Å². The van der Waals surface area contributed by atoms with Crippen LogP contribution >= 0.6 is 0 Å². The third-order valence-corrected chi connectivity index (χ3v) is 5.01. The quantitative estimate of drug-likeness (QED) is 0.571. The third-order valence-electron chi connectivity index (χ3n) is 5.01. The van der Waals surface area contributed by atoms with Crippen LogP contribution in [-0.4, -0.2) is 10.7 Å². The fourth-order valence-electron chi connectivity index (χ4n) is 2.38. The third kappa shape index (κ3) is 0.969. The molecule has 0 aromatic carbocycles. The van der Waals surface area contributed by atoms with E-state index in [2.05, 4.69) is 34.6 Å². The lowest BCUT2D eigenvalue weighted by atomic mass is 9.62. The molecule has 0 bridgehead atoms. The molecule has 1 nitrogen and oxygen atoms in total. The van der Waals surface area contributed by atoms with Crippen molar-refractivity contribution >= 4 is 0 Å². The van der Waals surface area contributed by atoms with Gasteiger partial charge in [0, 0.05) is 5.41 Å². The predicted molar refractivity (Wildman–Crippen MR) is 56.6 cm³/mol. The molecule has 1 N–H and O–H groups in total. The summed E-state index contributed by atoms with van der Waals surface area (Å²) >= 11 is 0. The summed E-state index contributed by atoms with van der Waals surface area (Å²) in [4.78, 5) is 0. The molecule has 0 heterocycles. The zero-order valence-corrected chi connectivity index (χ0v) is 9.95. The van der Waals surface area contributed by atoms with E-state index < -0.39 is 5.60 Å². The average molecular weight is 182 g/mol. The van der Waals surface area contributed by atoms with Crippen LogP contribution < -0.4 is 0 Å². The Bertz CT molecular complexity index is 241. The highest BCUT2D eigenvalue weighted by Gasteiger charge is 2.57. The Morgan fingerprint density at radius 3 is 1.31 bits per heavy atom. The van der Waals surface area contributed by atoms with E-state index in [-0.39, 0.29) is 10.8 Å². The Morgan fingerprint density at radius 2 is 1.23 bits per heavy atom. The second kappa shape index (κ2) is 2.38. The summed E-state index contributed by atoms with van der Waals surface area (Å²) in [5, 5.41) is 10.4. The lowest BCUT2D eigenvalue weighted by Crippen LogP contribution is -2.46. The minimum atomic E-state index is -0.666. The molecule has 0 amide bonds. The number of hydrogen-bond acceptors (Lipinski definition) is 1. The van der Waals surface area contributed by atoms with Gasteiger partial charge in [0.25, 0.3) is 0 Å². The molecule has 0 aromatic heterocycles. The molecule has 1 unspecified atom stereocenters. The molecule has 13 heavy (non-hydrogen) atoms. The van der Waals surface area contributed by atoms with Crippen LogP contribution in [0.1, 0.15) is 48.5 Å². The van der Waals surface area contributed by atoms with Gasteiger partial charge in [-0.15, -0.1) is 0 Å². The van der Waals surface area contributed by atoms with Gasteiger partial charge in [-0.2, -0.15) is 0 Å². The topological polar surface area (TPSA) is 20.2 Å². The zero-order valence-electron chi connectivity index (χ0n) is 9.95. The number of rotatable bonds is 0. The monoisotopic (exact) mass is 182 g/mol. The smallest absolute Gasteiger partial charge is 0.0887 e. The van der Waals surface area contributed by atoms with Crippen molar-refractivity contribution in [2.75, 3.05) is 0 Å². The molecule has 1 heteroatoms. The van der Waals surface area contributed by atoms with E-state index in [0.717, 1.165) is 5.57 Å². The summed E-state index contributed by atoms with van der Waals surface area (Å²) in [5.41, 5.74) is 1.81. The van der Waals surface area contributed by atoms with Gasteiger partial charge in [-0.25, -0.2) is 0 Å². The molecule has 76 valence electrons. The molecule has 0 saturated carbocycles. The molecule has 0 radical (unpaired) electrons. The van der Waals surface area contributed by atoms with Gasteiger partial charge in [0.2, 0.25) is 0 Å². The zero-order chi connectivity index (χ0) is 10.7. The van der Waals surface area contributed by atoms with E-state index in [1.165, 1.54) is 5.57 Å². The molecule has 0 saturated heterocycles. The molecular weight excluding hydrogens is 160 g/mol. The minimum Gasteiger partial charge on any atom is -0.385 e. The van der Waals surface area contributed by atoms with Crippen LogP contribution in [0.2, 0.25) is 0 Å². The average Bonchev–Trinajstić information content (AvgIpc) is 2.05. The van der Waals surface area contributed by atoms with E-state index in [9.17, 15) is 5.11 Å². The largest absolute Gasteiger partial charge is 0.385 e. The lowest BCUT2D eigenvalue weighted by Gasteiger charge is -2.44. The van der Waals surface area contributed by atoms with E-state index in [1.54, 1.807) is 0 Å². The number of hydrogen-bond donors (Lipinski definition) is 1. The van der Waals surface area contributed by atoms with Crippen molar-refractivity contribution in [1.29, 1.82) is 0 Å². The summed E-state index contributed by atoms with van der Waals surface area (Å²) in [6.45, 7) is 14.8. The highest BCUT2D eigenvalue weighted by Crippen LogP contribution is 2.59. The molecule has 1 aliphatic rings. The second-order valence-corrected chi connectivity index (χ2v) is 5.57. The molecule has 0 aliphatic heterocycles. The van der Waals surface area contributed by atoms with Gasteiger partial charge in [-0.1, -0.05) is 33.3 Å². The van der Waals surface area contributed by atoms with Crippen LogP contribution in [-0.2, 0) is 0 Å². The van der Waals surface area contributed by atoms with E-state index >= 15 is 0 Å². The van der Waals surface area contributed by atoms with Gasteiger partial charge >= 0.3 is 0 Å². The van der Waals surface area contributed by atoms with Crippen LogP contribution in [0, 0.1) is 10.8 Å². The molecule has 1 aliphatic carbocycles.